The van der Waals surface area contributed by atoms with Gasteiger partial charge in [-0.3, -0.25) is 0 Å². The molecule has 1 saturated heterocycles. The summed E-state index contributed by atoms with van der Waals surface area (Å²) in [5.74, 6) is 0. The van der Waals surface area contributed by atoms with Crippen LogP contribution in [-0.2, 0) is 8.23 Å². The zero-order valence-corrected chi connectivity index (χ0v) is 9.86. The van der Waals surface area contributed by atoms with E-state index < -0.39 is 29.7 Å². The lowest BCUT2D eigenvalue weighted by Crippen LogP contribution is -2.66. The number of alkyl halides is 3. The van der Waals surface area contributed by atoms with Crippen LogP contribution in [0.25, 0.3) is 0 Å². The van der Waals surface area contributed by atoms with E-state index in [1.54, 1.807) is 6.55 Å². The molecule has 7 heteroatoms. The van der Waals surface area contributed by atoms with Crippen molar-refractivity contribution in [2.24, 2.45) is 0 Å². The summed E-state index contributed by atoms with van der Waals surface area (Å²) < 4.78 is 46.5. The van der Waals surface area contributed by atoms with Gasteiger partial charge in [0.1, 0.15) is 0 Å². The Kier molecular flexibility index (Phi) is 2.65. The molecule has 0 N–H and O–H groups in total. The number of halogens is 3. The molecule has 0 aromatic rings. The molecule has 0 unspecified atom stereocenters. The summed E-state index contributed by atoms with van der Waals surface area (Å²) in [7, 11) is -4.39. The summed E-state index contributed by atoms with van der Waals surface area (Å²) in [6.07, 6.45) is -4.88. The average molecular weight is 230 g/mol. The van der Waals surface area contributed by atoms with Crippen LogP contribution in [0.2, 0.25) is 25.7 Å². The average Bonchev–Trinajstić information content (AvgIpc) is 1.77. The molecule has 1 fully saturated rings. The lowest BCUT2D eigenvalue weighted by Gasteiger charge is -2.48. The van der Waals surface area contributed by atoms with Crippen molar-refractivity contribution in [1.29, 1.82) is 0 Å². The van der Waals surface area contributed by atoms with Gasteiger partial charge in [0.05, 0.1) is 0 Å². The Balaban J connectivity index is 2.32. The predicted octanol–water partition coefficient (Wildman–Crippen LogP) is 2.76. The van der Waals surface area contributed by atoms with Crippen LogP contribution in [0.3, 0.4) is 0 Å². The highest BCUT2D eigenvalue weighted by Crippen LogP contribution is 2.37. The minimum atomic E-state index is -4.09. The molecule has 78 valence electrons. The van der Waals surface area contributed by atoms with Crippen molar-refractivity contribution in [3.63, 3.8) is 0 Å². The molecule has 0 aromatic carbocycles. The largest absolute Gasteiger partial charge is 0.416 e. The Hall–Kier alpha value is 0.144. The minimum Gasteiger partial charge on any atom is -0.416 e. The van der Waals surface area contributed by atoms with Gasteiger partial charge < -0.3 is 8.23 Å². The van der Waals surface area contributed by atoms with Crippen LogP contribution in [0.4, 0.5) is 13.2 Å². The van der Waals surface area contributed by atoms with Crippen LogP contribution in [0.15, 0.2) is 0 Å². The normalized spacial score (nSPS) is 25.4. The van der Waals surface area contributed by atoms with Gasteiger partial charge in [0.25, 0.3) is 0 Å². The van der Waals surface area contributed by atoms with Gasteiger partial charge in [-0.1, -0.05) is 0 Å². The Morgan fingerprint density at radius 1 is 1.08 bits per heavy atom. The maximum absolute atomic E-state index is 11.9. The molecule has 0 saturated carbocycles. The van der Waals surface area contributed by atoms with Crippen molar-refractivity contribution in [2.75, 3.05) is 0 Å². The summed E-state index contributed by atoms with van der Waals surface area (Å²) in [6, 6.07) is 0.0208. The second-order valence-corrected chi connectivity index (χ2v) is 11.1. The maximum atomic E-state index is 11.9. The van der Waals surface area contributed by atoms with E-state index in [2.05, 4.69) is 0 Å². The van der Waals surface area contributed by atoms with Crippen molar-refractivity contribution in [2.45, 2.75) is 38.3 Å². The highest BCUT2D eigenvalue weighted by atomic mass is 28.5. The molecule has 0 amide bonds. The Morgan fingerprint density at radius 2 is 1.54 bits per heavy atom. The van der Waals surface area contributed by atoms with Crippen molar-refractivity contribution in [3.05, 3.63) is 0 Å². The van der Waals surface area contributed by atoms with Gasteiger partial charge in [-0.2, -0.15) is 13.2 Å². The number of hydrogen-bond acceptors (Lipinski definition) is 2. The lowest BCUT2D eigenvalue weighted by atomic mass is 10.5. The third kappa shape index (κ3) is 3.41. The van der Waals surface area contributed by atoms with Crippen LogP contribution in [0, 0.1) is 0 Å². The fourth-order valence-electron chi connectivity index (χ4n) is 1.52. The molecular weight excluding hydrogens is 217 g/mol. The van der Waals surface area contributed by atoms with E-state index in [0.717, 1.165) is 0 Å². The first kappa shape index (κ1) is 11.2. The zero-order chi connectivity index (χ0) is 10.3. The van der Waals surface area contributed by atoms with Gasteiger partial charge in [-0.25, -0.2) is 0 Å². The first-order valence-corrected chi connectivity index (χ1v) is 9.43. The van der Waals surface area contributed by atoms with E-state index in [1.807, 2.05) is 13.1 Å². The number of hydrogen-bond donors (Lipinski definition) is 0. The molecule has 1 rings (SSSR count). The third-order valence-electron chi connectivity index (χ3n) is 1.79. The monoisotopic (exact) mass is 230 g/mol. The molecule has 2 nitrogen and oxygen atoms in total. The second-order valence-electron chi connectivity index (χ2n) is 3.85. The Morgan fingerprint density at radius 3 is 1.85 bits per heavy atom. The molecule has 1 aliphatic rings. The molecule has 0 radical (unpaired) electrons. The van der Waals surface area contributed by atoms with E-state index in [9.17, 15) is 13.2 Å². The van der Waals surface area contributed by atoms with E-state index in [0.29, 0.717) is 0 Å². The van der Waals surface area contributed by atoms with Crippen LogP contribution in [-0.4, -0.2) is 23.3 Å². The first-order valence-electron chi connectivity index (χ1n) is 4.09. The smallest absolute Gasteiger partial charge is 0.389 e. The van der Waals surface area contributed by atoms with Crippen molar-refractivity contribution in [1.82, 2.24) is 0 Å². The summed E-state index contributed by atoms with van der Waals surface area (Å²) in [5.41, 5.74) is 0. The van der Waals surface area contributed by atoms with Crippen LogP contribution in [0.1, 0.15) is 6.42 Å². The van der Waals surface area contributed by atoms with Crippen LogP contribution < -0.4 is 0 Å². The summed E-state index contributed by atoms with van der Waals surface area (Å²) in [6.45, 7) is 5.38. The molecule has 13 heavy (non-hydrogen) atoms. The maximum Gasteiger partial charge on any atom is 0.389 e. The van der Waals surface area contributed by atoms with Crippen LogP contribution in [0.5, 0.6) is 0 Å². The van der Waals surface area contributed by atoms with E-state index in [-0.39, 0.29) is 6.04 Å². The van der Waals surface area contributed by atoms with Crippen molar-refractivity contribution in [3.8, 4) is 0 Å². The fourth-order valence-corrected chi connectivity index (χ4v) is 11.5. The van der Waals surface area contributed by atoms with Gasteiger partial charge in [-0.15, -0.1) is 0 Å². The Labute approximate surface area is 77.5 Å². The van der Waals surface area contributed by atoms with Gasteiger partial charge in [0, 0.05) is 6.42 Å². The topological polar surface area (TPSA) is 18.5 Å². The first-order chi connectivity index (χ1) is 5.62. The Bertz CT molecular complexity index is 197. The lowest BCUT2D eigenvalue weighted by molar-refractivity contribution is -0.131. The molecule has 1 aliphatic heterocycles. The highest BCUT2D eigenvalue weighted by Gasteiger charge is 2.54. The standard InChI is InChI=1S/C6H13F3O2Si2/c1-12(2)10-13(3,11-12)5-4-6(7,8)9/h4-5H2,1-3H3. The van der Waals surface area contributed by atoms with E-state index >= 15 is 0 Å². The highest BCUT2D eigenvalue weighted by molar-refractivity contribution is 6.92. The third-order valence-corrected chi connectivity index (χ3v) is 10.3. The van der Waals surface area contributed by atoms with Gasteiger partial charge in [0.15, 0.2) is 0 Å². The van der Waals surface area contributed by atoms with Gasteiger partial charge in [-0.05, 0) is 25.7 Å². The molecule has 0 spiro atoms. The number of rotatable bonds is 2. The minimum absolute atomic E-state index is 0.0208. The molecule has 0 bridgehead atoms. The molecule has 1 heterocycles. The second kappa shape index (κ2) is 3.08. The van der Waals surface area contributed by atoms with Crippen molar-refractivity contribution < 1.29 is 21.4 Å². The molecule has 0 aliphatic carbocycles. The molecule has 0 aromatic heterocycles. The molecular formula is C6H13F3O2Si2. The summed E-state index contributed by atoms with van der Waals surface area (Å²) >= 11 is 0. The van der Waals surface area contributed by atoms with Gasteiger partial charge >= 0.3 is 23.3 Å². The van der Waals surface area contributed by atoms with E-state index in [4.69, 9.17) is 8.23 Å². The zero-order valence-electron chi connectivity index (χ0n) is 7.86. The summed E-state index contributed by atoms with van der Waals surface area (Å²) in [4.78, 5) is 0. The molecule has 0 atom stereocenters. The fraction of sp³-hybridized carbons (Fsp3) is 1.00. The van der Waals surface area contributed by atoms with Gasteiger partial charge in [0.2, 0.25) is 0 Å². The summed E-state index contributed by atoms with van der Waals surface area (Å²) in [5, 5.41) is 0. The van der Waals surface area contributed by atoms with Crippen molar-refractivity contribution >= 4 is 17.1 Å². The van der Waals surface area contributed by atoms with E-state index in [1.165, 1.54) is 0 Å². The SMILES string of the molecule is C[Si]1(C)O[Si](C)(CCC(F)(F)F)O1. The predicted molar refractivity (Wildman–Crippen MR) is 46.7 cm³/mol. The quantitative estimate of drug-likeness (QED) is 0.679. The van der Waals surface area contributed by atoms with Crippen LogP contribution >= 0.6 is 0 Å².